The number of benzene rings is 1. The molecular weight excluding hydrogens is 332 g/mol. The van der Waals surface area contributed by atoms with Crippen LogP contribution in [0.25, 0.3) is 23.1 Å². The summed E-state index contributed by atoms with van der Waals surface area (Å²) < 4.78 is 0. The highest BCUT2D eigenvalue weighted by molar-refractivity contribution is 6.31. The number of fused-ring (bicyclic) bond motifs is 1. The lowest BCUT2D eigenvalue weighted by molar-refractivity contribution is 0.425. The SMILES string of the molecule is CN(C)CCNc1cc(/C=C/c2cccnc2)nc2ccc(Cl)cc12. The number of pyridine rings is 2. The van der Waals surface area contributed by atoms with Gasteiger partial charge in [0.2, 0.25) is 0 Å². The number of likely N-dealkylation sites (N-methyl/N-ethyl adjacent to an activating group) is 1. The van der Waals surface area contributed by atoms with Gasteiger partial charge in [0.05, 0.1) is 11.2 Å². The largest absolute Gasteiger partial charge is 0.383 e. The zero-order valence-electron chi connectivity index (χ0n) is 14.4. The van der Waals surface area contributed by atoms with Crippen molar-refractivity contribution in [2.24, 2.45) is 0 Å². The van der Waals surface area contributed by atoms with Crippen molar-refractivity contribution in [1.82, 2.24) is 14.9 Å². The van der Waals surface area contributed by atoms with Gasteiger partial charge in [-0.2, -0.15) is 0 Å². The lowest BCUT2D eigenvalue weighted by Gasteiger charge is -2.14. The topological polar surface area (TPSA) is 41.0 Å². The first-order valence-electron chi connectivity index (χ1n) is 8.19. The fourth-order valence-corrected chi connectivity index (χ4v) is 2.69. The molecule has 0 amide bonds. The first-order chi connectivity index (χ1) is 12.1. The molecule has 3 rings (SSSR count). The molecule has 4 nitrogen and oxygen atoms in total. The second-order valence-electron chi connectivity index (χ2n) is 6.11. The third-order valence-corrected chi connectivity index (χ3v) is 4.03. The van der Waals surface area contributed by atoms with Gasteiger partial charge in [0.1, 0.15) is 0 Å². The van der Waals surface area contributed by atoms with E-state index in [1.54, 1.807) is 6.20 Å². The van der Waals surface area contributed by atoms with Crippen LogP contribution in [-0.2, 0) is 0 Å². The summed E-state index contributed by atoms with van der Waals surface area (Å²) in [7, 11) is 4.12. The Morgan fingerprint density at radius 2 is 2.04 bits per heavy atom. The average Bonchev–Trinajstić information content (AvgIpc) is 2.61. The normalized spacial score (nSPS) is 11.5. The van der Waals surface area contributed by atoms with Gasteiger partial charge >= 0.3 is 0 Å². The Morgan fingerprint density at radius 3 is 2.80 bits per heavy atom. The van der Waals surface area contributed by atoms with Gasteiger partial charge in [-0.25, -0.2) is 4.98 Å². The van der Waals surface area contributed by atoms with Crippen LogP contribution in [0.4, 0.5) is 5.69 Å². The molecule has 0 aliphatic heterocycles. The number of hydrogen-bond acceptors (Lipinski definition) is 4. The summed E-state index contributed by atoms with van der Waals surface area (Å²) in [5.74, 6) is 0. The lowest BCUT2D eigenvalue weighted by atomic mass is 10.1. The highest BCUT2D eigenvalue weighted by Gasteiger charge is 2.06. The van der Waals surface area contributed by atoms with E-state index < -0.39 is 0 Å². The average molecular weight is 353 g/mol. The van der Waals surface area contributed by atoms with Crippen molar-refractivity contribution >= 4 is 40.3 Å². The molecule has 0 atom stereocenters. The van der Waals surface area contributed by atoms with Gasteiger partial charge in [0.15, 0.2) is 0 Å². The van der Waals surface area contributed by atoms with E-state index >= 15 is 0 Å². The molecule has 2 aromatic heterocycles. The van der Waals surface area contributed by atoms with Crippen LogP contribution < -0.4 is 5.32 Å². The molecule has 3 aromatic rings. The van der Waals surface area contributed by atoms with Crippen molar-refractivity contribution in [3.8, 4) is 0 Å². The summed E-state index contributed by atoms with van der Waals surface area (Å²) in [6.45, 7) is 1.80. The van der Waals surface area contributed by atoms with E-state index in [1.807, 2.05) is 48.7 Å². The third-order valence-electron chi connectivity index (χ3n) is 3.80. The van der Waals surface area contributed by atoms with E-state index in [0.717, 1.165) is 40.9 Å². The summed E-state index contributed by atoms with van der Waals surface area (Å²) in [6.07, 6.45) is 7.61. The Labute approximate surface area is 153 Å². The third kappa shape index (κ3) is 4.78. The molecular formula is C20H21ClN4. The molecule has 0 saturated heterocycles. The van der Waals surface area contributed by atoms with Crippen molar-refractivity contribution in [2.75, 3.05) is 32.5 Å². The van der Waals surface area contributed by atoms with Gasteiger partial charge in [-0.05, 0) is 56.1 Å². The first-order valence-corrected chi connectivity index (χ1v) is 8.56. The second kappa shape index (κ2) is 8.10. The lowest BCUT2D eigenvalue weighted by Crippen LogP contribution is -2.20. The molecule has 0 bridgehead atoms. The number of nitrogens with one attached hydrogen (secondary N) is 1. The molecule has 0 spiro atoms. The van der Waals surface area contributed by atoms with Crippen molar-refractivity contribution in [1.29, 1.82) is 0 Å². The molecule has 5 heteroatoms. The minimum Gasteiger partial charge on any atom is -0.383 e. The Kier molecular flexibility index (Phi) is 5.64. The van der Waals surface area contributed by atoms with E-state index in [2.05, 4.69) is 35.4 Å². The number of rotatable bonds is 6. The maximum atomic E-state index is 6.17. The predicted molar refractivity (Wildman–Crippen MR) is 107 cm³/mol. The van der Waals surface area contributed by atoms with Crippen LogP contribution in [0.3, 0.4) is 0 Å². The molecule has 0 saturated carbocycles. The van der Waals surface area contributed by atoms with Crippen LogP contribution in [0.2, 0.25) is 5.02 Å². The van der Waals surface area contributed by atoms with Crippen LogP contribution in [-0.4, -0.2) is 42.1 Å². The number of hydrogen-bond donors (Lipinski definition) is 1. The van der Waals surface area contributed by atoms with E-state index in [-0.39, 0.29) is 0 Å². The standard InChI is InChI=1S/C20H21ClN4/c1-25(2)11-10-23-20-13-17(7-5-15-4-3-9-22-14-15)24-19-8-6-16(21)12-18(19)20/h3-9,12-14H,10-11H2,1-2H3,(H,23,24)/b7-5+. The van der Waals surface area contributed by atoms with E-state index in [4.69, 9.17) is 16.6 Å². The molecule has 0 radical (unpaired) electrons. The van der Waals surface area contributed by atoms with Crippen LogP contribution in [0, 0.1) is 0 Å². The number of halogens is 1. The Balaban J connectivity index is 1.93. The number of anilines is 1. The minimum absolute atomic E-state index is 0.712. The van der Waals surface area contributed by atoms with Gasteiger partial charge in [-0.3, -0.25) is 4.98 Å². The van der Waals surface area contributed by atoms with Gasteiger partial charge < -0.3 is 10.2 Å². The minimum atomic E-state index is 0.712. The monoisotopic (exact) mass is 352 g/mol. The van der Waals surface area contributed by atoms with Crippen LogP contribution in [0.5, 0.6) is 0 Å². The second-order valence-corrected chi connectivity index (χ2v) is 6.54. The molecule has 128 valence electrons. The highest BCUT2D eigenvalue weighted by Crippen LogP contribution is 2.27. The molecule has 0 aliphatic rings. The number of nitrogens with zero attached hydrogens (tertiary/aromatic N) is 3. The zero-order valence-corrected chi connectivity index (χ0v) is 15.2. The van der Waals surface area contributed by atoms with Crippen molar-refractivity contribution in [2.45, 2.75) is 0 Å². The predicted octanol–water partition coefficient (Wildman–Crippen LogP) is 4.43. The van der Waals surface area contributed by atoms with E-state index in [0.29, 0.717) is 5.02 Å². The maximum absolute atomic E-state index is 6.17. The zero-order chi connectivity index (χ0) is 17.6. The molecule has 2 heterocycles. The quantitative estimate of drug-likeness (QED) is 0.712. The summed E-state index contributed by atoms with van der Waals surface area (Å²) in [4.78, 5) is 11.0. The Hall–Kier alpha value is -2.43. The summed E-state index contributed by atoms with van der Waals surface area (Å²) >= 11 is 6.17. The van der Waals surface area contributed by atoms with Gasteiger partial charge in [-0.15, -0.1) is 0 Å². The highest BCUT2D eigenvalue weighted by atomic mass is 35.5. The molecule has 0 fully saturated rings. The van der Waals surface area contributed by atoms with Crippen molar-refractivity contribution in [3.05, 3.63) is 65.1 Å². The van der Waals surface area contributed by atoms with Crippen molar-refractivity contribution < 1.29 is 0 Å². The van der Waals surface area contributed by atoms with Gasteiger partial charge in [-0.1, -0.05) is 23.7 Å². The van der Waals surface area contributed by atoms with Crippen LogP contribution in [0.15, 0.2) is 48.8 Å². The number of aromatic nitrogens is 2. The maximum Gasteiger partial charge on any atom is 0.0731 e. The Morgan fingerprint density at radius 1 is 1.16 bits per heavy atom. The summed E-state index contributed by atoms with van der Waals surface area (Å²) in [6, 6.07) is 11.8. The van der Waals surface area contributed by atoms with E-state index in [9.17, 15) is 0 Å². The molecule has 0 aliphatic carbocycles. The molecule has 25 heavy (non-hydrogen) atoms. The van der Waals surface area contributed by atoms with Crippen molar-refractivity contribution in [3.63, 3.8) is 0 Å². The fourth-order valence-electron chi connectivity index (χ4n) is 2.52. The fraction of sp³-hybridized carbons (Fsp3) is 0.200. The summed E-state index contributed by atoms with van der Waals surface area (Å²) in [5.41, 5.74) is 3.90. The first kappa shape index (κ1) is 17.4. The molecule has 0 unspecified atom stereocenters. The molecule has 1 aromatic carbocycles. The van der Waals surface area contributed by atoms with Crippen LogP contribution >= 0.6 is 11.6 Å². The van der Waals surface area contributed by atoms with Gasteiger partial charge in [0.25, 0.3) is 0 Å². The smallest absolute Gasteiger partial charge is 0.0731 e. The summed E-state index contributed by atoms with van der Waals surface area (Å²) in [5, 5.41) is 5.24. The molecule has 1 N–H and O–H groups in total. The van der Waals surface area contributed by atoms with E-state index in [1.165, 1.54) is 0 Å². The van der Waals surface area contributed by atoms with Gasteiger partial charge in [0, 0.05) is 41.6 Å². The van der Waals surface area contributed by atoms with Crippen LogP contribution in [0.1, 0.15) is 11.3 Å². The Bertz CT molecular complexity index is 876.